The molecule has 0 saturated carbocycles. The number of primary amides is 1. The SMILES string of the molecule is CC(C)n1cc(C#CCC(N)=O)cn1. The molecule has 0 radical (unpaired) electrons. The highest BCUT2D eigenvalue weighted by molar-refractivity contribution is 5.76. The highest BCUT2D eigenvalue weighted by Crippen LogP contribution is 2.03. The normalized spacial score (nSPS) is 9.64. The molecule has 0 spiro atoms. The maximum absolute atomic E-state index is 10.4. The van der Waals surface area contributed by atoms with Gasteiger partial charge in [0.25, 0.3) is 0 Å². The van der Waals surface area contributed by atoms with Gasteiger partial charge in [-0.2, -0.15) is 5.10 Å². The highest BCUT2D eigenvalue weighted by atomic mass is 16.1. The van der Waals surface area contributed by atoms with E-state index >= 15 is 0 Å². The second-order valence-electron chi connectivity index (χ2n) is 3.25. The van der Waals surface area contributed by atoms with Crippen molar-refractivity contribution in [3.8, 4) is 11.8 Å². The minimum absolute atomic E-state index is 0.0901. The van der Waals surface area contributed by atoms with Crippen LogP contribution in [0, 0.1) is 11.8 Å². The van der Waals surface area contributed by atoms with Crippen molar-refractivity contribution in [3.63, 3.8) is 0 Å². The van der Waals surface area contributed by atoms with Crippen LogP contribution in [0.15, 0.2) is 12.4 Å². The van der Waals surface area contributed by atoms with Crippen LogP contribution in [0.3, 0.4) is 0 Å². The smallest absolute Gasteiger partial charge is 0.229 e. The molecule has 1 heterocycles. The van der Waals surface area contributed by atoms with E-state index in [1.165, 1.54) is 0 Å². The molecule has 2 N–H and O–H groups in total. The Morgan fingerprint density at radius 2 is 2.43 bits per heavy atom. The first-order chi connectivity index (χ1) is 6.59. The number of hydrogen-bond acceptors (Lipinski definition) is 2. The van der Waals surface area contributed by atoms with Gasteiger partial charge >= 0.3 is 0 Å². The van der Waals surface area contributed by atoms with Crippen LogP contribution >= 0.6 is 0 Å². The summed E-state index contributed by atoms with van der Waals surface area (Å²) in [5.74, 6) is 5.08. The third-order valence-corrected chi connectivity index (χ3v) is 1.63. The standard InChI is InChI=1S/C10H13N3O/c1-8(2)13-7-9(6-12-13)4-3-5-10(11)14/h6-8H,5H2,1-2H3,(H2,11,14). The van der Waals surface area contributed by atoms with Gasteiger partial charge in [-0.3, -0.25) is 9.48 Å². The van der Waals surface area contributed by atoms with Crippen LogP contribution < -0.4 is 5.73 Å². The third-order valence-electron chi connectivity index (χ3n) is 1.63. The third kappa shape index (κ3) is 2.94. The second-order valence-corrected chi connectivity index (χ2v) is 3.25. The molecule has 0 atom stereocenters. The maximum atomic E-state index is 10.4. The van der Waals surface area contributed by atoms with Crippen LogP contribution in [-0.4, -0.2) is 15.7 Å². The molecule has 1 aromatic rings. The first-order valence-corrected chi connectivity index (χ1v) is 4.41. The number of nitrogens with zero attached hydrogens (tertiary/aromatic N) is 2. The van der Waals surface area contributed by atoms with Gasteiger partial charge in [0.2, 0.25) is 5.91 Å². The first kappa shape index (κ1) is 10.3. The van der Waals surface area contributed by atoms with E-state index in [4.69, 9.17) is 5.73 Å². The fourth-order valence-corrected chi connectivity index (χ4v) is 0.918. The van der Waals surface area contributed by atoms with Crippen molar-refractivity contribution < 1.29 is 4.79 Å². The molecule has 4 nitrogen and oxygen atoms in total. The Bertz CT molecular complexity index is 382. The predicted octanol–water partition coefficient (Wildman–Crippen LogP) is 0.691. The molecule has 0 aliphatic rings. The first-order valence-electron chi connectivity index (χ1n) is 4.41. The highest BCUT2D eigenvalue weighted by Gasteiger charge is 1.98. The van der Waals surface area contributed by atoms with Gasteiger partial charge in [0, 0.05) is 12.2 Å². The van der Waals surface area contributed by atoms with Crippen LogP contribution in [0.2, 0.25) is 0 Å². The van der Waals surface area contributed by atoms with E-state index < -0.39 is 5.91 Å². The summed E-state index contributed by atoms with van der Waals surface area (Å²) < 4.78 is 1.81. The van der Waals surface area contributed by atoms with Crippen molar-refractivity contribution in [2.45, 2.75) is 26.3 Å². The lowest BCUT2D eigenvalue weighted by Crippen LogP contribution is -2.08. The summed E-state index contributed by atoms with van der Waals surface area (Å²) >= 11 is 0. The fraction of sp³-hybridized carbons (Fsp3) is 0.400. The molecule has 1 rings (SSSR count). The van der Waals surface area contributed by atoms with Crippen molar-refractivity contribution in [3.05, 3.63) is 18.0 Å². The van der Waals surface area contributed by atoms with E-state index in [1.807, 2.05) is 24.7 Å². The van der Waals surface area contributed by atoms with Crippen LogP contribution in [0.1, 0.15) is 31.9 Å². The van der Waals surface area contributed by atoms with Gasteiger partial charge in [0.15, 0.2) is 0 Å². The molecule has 14 heavy (non-hydrogen) atoms. The lowest BCUT2D eigenvalue weighted by Gasteiger charge is -2.02. The number of hydrogen-bond donors (Lipinski definition) is 1. The van der Waals surface area contributed by atoms with E-state index in [1.54, 1.807) is 6.20 Å². The molecule has 0 aliphatic carbocycles. The molecule has 4 heteroatoms. The molecule has 0 bridgehead atoms. The average Bonchev–Trinajstić information content (AvgIpc) is 2.52. The van der Waals surface area contributed by atoms with Gasteiger partial charge in [-0.1, -0.05) is 11.8 Å². The number of carbonyl (C=O) groups is 1. The van der Waals surface area contributed by atoms with E-state index in [0.29, 0.717) is 6.04 Å². The van der Waals surface area contributed by atoms with E-state index in [2.05, 4.69) is 16.9 Å². The van der Waals surface area contributed by atoms with Crippen LogP contribution in [0.4, 0.5) is 0 Å². The summed E-state index contributed by atoms with van der Waals surface area (Å²) in [6.45, 7) is 4.07. The molecule has 0 saturated heterocycles. The monoisotopic (exact) mass is 191 g/mol. The summed E-state index contributed by atoms with van der Waals surface area (Å²) in [6.07, 6.45) is 3.61. The number of amides is 1. The Morgan fingerprint density at radius 3 is 2.93 bits per heavy atom. The molecule has 0 fully saturated rings. The lowest BCUT2D eigenvalue weighted by atomic mass is 10.3. The quantitative estimate of drug-likeness (QED) is 0.699. The van der Waals surface area contributed by atoms with Crippen LogP contribution in [0.5, 0.6) is 0 Å². The van der Waals surface area contributed by atoms with Crippen LogP contribution in [0.25, 0.3) is 0 Å². The Labute approximate surface area is 83.1 Å². The number of aromatic nitrogens is 2. The van der Waals surface area contributed by atoms with E-state index in [-0.39, 0.29) is 6.42 Å². The summed E-state index contributed by atoms with van der Waals surface area (Å²) in [5.41, 5.74) is 5.75. The second kappa shape index (κ2) is 4.47. The van der Waals surface area contributed by atoms with Gasteiger partial charge in [-0.15, -0.1) is 0 Å². The van der Waals surface area contributed by atoms with Crippen molar-refractivity contribution >= 4 is 5.91 Å². The summed E-state index contributed by atoms with van der Waals surface area (Å²) in [7, 11) is 0. The summed E-state index contributed by atoms with van der Waals surface area (Å²) in [6, 6.07) is 0.321. The van der Waals surface area contributed by atoms with Gasteiger partial charge in [0.05, 0.1) is 18.2 Å². The van der Waals surface area contributed by atoms with Crippen LogP contribution in [-0.2, 0) is 4.79 Å². The molecular formula is C10H13N3O. The zero-order chi connectivity index (χ0) is 10.6. The molecule has 74 valence electrons. The lowest BCUT2D eigenvalue weighted by molar-refractivity contribution is -0.117. The largest absolute Gasteiger partial charge is 0.369 e. The minimum atomic E-state index is -0.409. The average molecular weight is 191 g/mol. The summed E-state index contributed by atoms with van der Waals surface area (Å²) in [5, 5.41) is 4.11. The summed E-state index contributed by atoms with van der Waals surface area (Å²) in [4.78, 5) is 10.4. The number of nitrogens with two attached hydrogens (primary N) is 1. The fourth-order valence-electron chi connectivity index (χ4n) is 0.918. The Hall–Kier alpha value is -1.76. The number of rotatable bonds is 2. The molecule has 1 aromatic heterocycles. The maximum Gasteiger partial charge on any atom is 0.229 e. The molecule has 0 aliphatic heterocycles. The Kier molecular flexibility index (Phi) is 3.29. The minimum Gasteiger partial charge on any atom is -0.369 e. The molecule has 0 unspecified atom stereocenters. The van der Waals surface area contributed by atoms with E-state index in [9.17, 15) is 4.79 Å². The Morgan fingerprint density at radius 1 is 1.71 bits per heavy atom. The number of carbonyl (C=O) groups excluding carboxylic acids is 1. The van der Waals surface area contributed by atoms with Crippen molar-refractivity contribution in [2.24, 2.45) is 5.73 Å². The molecular weight excluding hydrogens is 178 g/mol. The Balaban J connectivity index is 2.66. The van der Waals surface area contributed by atoms with Gasteiger partial charge < -0.3 is 5.73 Å². The zero-order valence-electron chi connectivity index (χ0n) is 8.32. The molecule has 0 aromatic carbocycles. The zero-order valence-corrected chi connectivity index (χ0v) is 8.32. The van der Waals surface area contributed by atoms with Gasteiger partial charge in [-0.25, -0.2) is 0 Å². The van der Waals surface area contributed by atoms with Gasteiger partial charge in [-0.05, 0) is 13.8 Å². The van der Waals surface area contributed by atoms with E-state index in [0.717, 1.165) is 5.56 Å². The van der Waals surface area contributed by atoms with Crippen molar-refractivity contribution in [1.82, 2.24) is 9.78 Å². The predicted molar refractivity (Wildman–Crippen MR) is 53.3 cm³/mol. The topological polar surface area (TPSA) is 60.9 Å². The van der Waals surface area contributed by atoms with Gasteiger partial charge in [0.1, 0.15) is 0 Å². The van der Waals surface area contributed by atoms with Crippen molar-refractivity contribution in [2.75, 3.05) is 0 Å². The molecule has 1 amide bonds. The van der Waals surface area contributed by atoms with Crippen molar-refractivity contribution in [1.29, 1.82) is 0 Å².